The molecular weight excluding hydrogens is 286 g/mol. The van der Waals surface area contributed by atoms with Gasteiger partial charge < -0.3 is 10.1 Å². The summed E-state index contributed by atoms with van der Waals surface area (Å²) in [6, 6.07) is 5.30. The molecule has 23 heavy (non-hydrogen) atoms. The Labute approximate surface area is 140 Å². The van der Waals surface area contributed by atoms with E-state index < -0.39 is 0 Å². The van der Waals surface area contributed by atoms with Crippen molar-refractivity contribution in [2.24, 2.45) is 0 Å². The van der Waals surface area contributed by atoms with Crippen LogP contribution in [0.2, 0.25) is 0 Å². The first kappa shape index (κ1) is 16.7. The predicted octanol–water partition coefficient (Wildman–Crippen LogP) is 2.43. The van der Waals surface area contributed by atoms with E-state index in [-0.39, 0.29) is 0 Å². The fourth-order valence-electron chi connectivity index (χ4n) is 3.96. The molecule has 2 aliphatic rings. The van der Waals surface area contributed by atoms with E-state index in [0.29, 0.717) is 6.04 Å². The van der Waals surface area contributed by atoms with Gasteiger partial charge in [0, 0.05) is 50.9 Å². The van der Waals surface area contributed by atoms with Crippen LogP contribution in [-0.2, 0) is 13.0 Å². The number of ether oxygens (including phenoxy) is 1. The number of hydrogen-bond donors (Lipinski definition) is 1. The zero-order valence-corrected chi connectivity index (χ0v) is 14.9. The van der Waals surface area contributed by atoms with Crippen molar-refractivity contribution in [3.8, 4) is 5.75 Å². The van der Waals surface area contributed by atoms with Crippen molar-refractivity contribution in [3.05, 3.63) is 28.8 Å². The van der Waals surface area contributed by atoms with Gasteiger partial charge >= 0.3 is 0 Å². The fraction of sp³-hybridized carbons (Fsp3) is 0.684. The van der Waals surface area contributed by atoms with Crippen LogP contribution >= 0.6 is 0 Å². The van der Waals surface area contributed by atoms with Gasteiger partial charge in [0.1, 0.15) is 5.75 Å². The summed E-state index contributed by atoms with van der Waals surface area (Å²) in [7, 11) is 2.24. The average molecular weight is 317 g/mol. The Hall–Kier alpha value is -1.10. The Morgan fingerprint density at radius 3 is 2.65 bits per heavy atom. The molecule has 0 amide bonds. The molecule has 0 saturated carbocycles. The average Bonchev–Trinajstić information content (AvgIpc) is 2.57. The smallest absolute Gasteiger partial charge is 0.124 e. The van der Waals surface area contributed by atoms with Crippen LogP contribution in [-0.4, -0.2) is 56.2 Å². The number of nitrogens with zero attached hydrogens (tertiary/aromatic N) is 2. The van der Waals surface area contributed by atoms with Crippen molar-refractivity contribution in [2.75, 3.05) is 46.4 Å². The summed E-state index contributed by atoms with van der Waals surface area (Å²) in [6.07, 6.45) is 2.31. The Balaban J connectivity index is 1.89. The number of likely N-dealkylation sites (N-methyl/N-ethyl adjacent to an activating group) is 1. The van der Waals surface area contributed by atoms with E-state index >= 15 is 0 Å². The van der Waals surface area contributed by atoms with Gasteiger partial charge in [-0.1, -0.05) is 13.0 Å². The third kappa shape index (κ3) is 3.70. The van der Waals surface area contributed by atoms with E-state index in [1.165, 1.54) is 16.7 Å². The minimum absolute atomic E-state index is 0.534. The van der Waals surface area contributed by atoms with Crippen LogP contribution < -0.4 is 10.1 Å². The Morgan fingerprint density at radius 2 is 1.96 bits per heavy atom. The van der Waals surface area contributed by atoms with Crippen molar-refractivity contribution in [2.45, 2.75) is 39.3 Å². The highest BCUT2D eigenvalue weighted by atomic mass is 16.5. The largest absolute Gasteiger partial charge is 0.494 e. The molecule has 4 heteroatoms. The van der Waals surface area contributed by atoms with E-state index in [1.54, 1.807) is 0 Å². The summed E-state index contributed by atoms with van der Waals surface area (Å²) in [5, 5.41) is 3.43. The van der Waals surface area contributed by atoms with E-state index in [2.05, 4.69) is 48.1 Å². The second-order valence-corrected chi connectivity index (χ2v) is 6.77. The van der Waals surface area contributed by atoms with Gasteiger partial charge in [0.2, 0.25) is 0 Å². The molecule has 0 aliphatic carbocycles. The first-order chi connectivity index (χ1) is 11.2. The van der Waals surface area contributed by atoms with Crippen molar-refractivity contribution in [1.82, 2.24) is 15.1 Å². The first-order valence-electron chi connectivity index (χ1n) is 9.14. The van der Waals surface area contributed by atoms with Gasteiger partial charge in [-0.15, -0.1) is 0 Å². The highest BCUT2D eigenvalue weighted by molar-refractivity contribution is 5.45. The zero-order chi connectivity index (χ0) is 16.2. The molecule has 4 nitrogen and oxygen atoms in total. The van der Waals surface area contributed by atoms with Gasteiger partial charge in [-0.05, 0) is 44.0 Å². The molecule has 2 aliphatic heterocycles. The standard InChI is InChI=1S/C19H31N3O/c1-4-18-17-13-19(23-5-2)16(12-15(17)6-9-21(18)3)14-22-10-7-20-8-11-22/h12-13,18,20H,4-11,14H2,1-3H3. The van der Waals surface area contributed by atoms with Crippen LogP contribution in [0.3, 0.4) is 0 Å². The lowest BCUT2D eigenvalue weighted by Gasteiger charge is -2.35. The summed E-state index contributed by atoms with van der Waals surface area (Å²) in [5.74, 6) is 1.10. The summed E-state index contributed by atoms with van der Waals surface area (Å²) in [5.41, 5.74) is 4.38. The lowest BCUT2D eigenvalue weighted by atomic mass is 9.89. The molecule has 1 fully saturated rings. The topological polar surface area (TPSA) is 27.7 Å². The maximum atomic E-state index is 6.01. The molecule has 1 N–H and O–H groups in total. The predicted molar refractivity (Wildman–Crippen MR) is 95.1 cm³/mol. The van der Waals surface area contributed by atoms with Gasteiger partial charge in [-0.3, -0.25) is 9.80 Å². The van der Waals surface area contributed by atoms with Crippen LogP contribution in [0, 0.1) is 0 Å². The molecule has 0 aromatic heterocycles. The number of hydrogen-bond acceptors (Lipinski definition) is 4. The lowest BCUT2D eigenvalue weighted by Crippen LogP contribution is -2.43. The highest BCUT2D eigenvalue weighted by Gasteiger charge is 2.25. The third-order valence-electron chi connectivity index (χ3n) is 5.24. The fourth-order valence-corrected chi connectivity index (χ4v) is 3.96. The van der Waals surface area contributed by atoms with Crippen LogP contribution in [0.4, 0.5) is 0 Å². The van der Waals surface area contributed by atoms with Crippen molar-refractivity contribution >= 4 is 0 Å². The van der Waals surface area contributed by atoms with Crippen LogP contribution in [0.5, 0.6) is 5.75 Å². The van der Waals surface area contributed by atoms with E-state index in [1.807, 2.05) is 0 Å². The number of piperazine rings is 1. The van der Waals surface area contributed by atoms with Crippen molar-refractivity contribution in [1.29, 1.82) is 0 Å². The molecule has 1 aromatic rings. The number of fused-ring (bicyclic) bond motifs is 1. The maximum Gasteiger partial charge on any atom is 0.124 e. The normalized spacial score (nSPS) is 22.8. The van der Waals surface area contributed by atoms with Gasteiger partial charge in [0.25, 0.3) is 0 Å². The number of rotatable bonds is 5. The van der Waals surface area contributed by atoms with E-state index in [0.717, 1.165) is 64.5 Å². The zero-order valence-electron chi connectivity index (χ0n) is 14.9. The second kappa shape index (κ2) is 7.65. The quantitative estimate of drug-likeness (QED) is 0.903. The molecule has 0 bridgehead atoms. The van der Waals surface area contributed by atoms with Crippen LogP contribution in [0.15, 0.2) is 12.1 Å². The summed E-state index contributed by atoms with van der Waals surface area (Å²) < 4.78 is 6.01. The highest BCUT2D eigenvalue weighted by Crippen LogP contribution is 2.36. The Bertz CT molecular complexity index is 526. The Kier molecular flexibility index (Phi) is 5.57. The molecule has 1 unspecified atom stereocenters. The minimum atomic E-state index is 0.534. The van der Waals surface area contributed by atoms with Crippen LogP contribution in [0.1, 0.15) is 43.0 Å². The van der Waals surface area contributed by atoms with Gasteiger partial charge in [-0.25, -0.2) is 0 Å². The van der Waals surface area contributed by atoms with Crippen molar-refractivity contribution < 1.29 is 4.74 Å². The monoisotopic (exact) mass is 317 g/mol. The maximum absolute atomic E-state index is 6.01. The number of benzene rings is 1. The summed E-state index contributed by atoms with van der Waals surface area (Å²) >= 11 is 0. The molecule has 0 spiro atoms. The molecule has 0 radical (unpaired) electrons. The molecule has 3 rings (SSSR count). The molecule has 1 saturated heterocycles. The lowest BCUT2D eigenvalue weighted by molar-refractivity contribution is 0.219. The van der Waals surface area contributed by atoms with Gasteiger partial charge in [0.05, 0.1) is 6.61 Å². The SMILES string of the molecule is CCOc1cc2c(cc1CN1CCNCC1)CCN(C)C2CC. The second-order valence-electron chi connectivity index (χ2n) is 6.77. The number of nitrogens with one attached hydrogen (secondary N) is 1. The minimum Gasteiger partial charge on any atom is -0.494 e. The molecule has 128 valence electrons. The van der Waals surface area contributed by atoms with Crippen molar-refractivity contribution in [3.63, 3.8) is 0 Å². The third-order valence-corrected chi connectivity index (χ3v) is 5.24. The van der Waals surface area contributed by atoms with Gasteiger partial charge in [-0.2, -0.15) is 0 Å². The van der Waals surface area contributed by atoms with Crippen LogP contribution in [0.25, 0.3) is 0 Å². The molecule has 2 heterocycles. The van der Waals surface area contributed by atoms with E-state index in [9.17, 15) is 0 Å². The Morgan fingerprint density at radius 1 is 1.17 bits per heavy atom. The first-order valence-corrected chi connectivity index (χ1v) is 9.14. The molecular formula is C19H31N3O. The van der Waals surface area contributed by atoms with Gasteiger partial charge in [0.15, 0.2) is 0 Å². The summed E-state index contributed by atoms with van der Waals surface area (Å²) in [6.45, 7) is 11.7. The summed E-state index contributed by atoms with van der Waals surface area (Å²) in [4.78, 5) is 5.01. The molecule has 1 aromatic carbocycles. The molecule has 1 atom stereocenters. The van der Waals surface area contributed by atoms with E-state index in [4.69, 9.17) is 4.74 Å².